The third-order valence-electron chi connectivity index (χ3n) is 3.54. The Morgan fingerprint density at radius 2 is 2.00 bits per heavy atom. The molecule has 0 fully saturated rings. The second kappa shape index (κ2) is 8.78. The molecule has 0 spiro atoms. The Hall–Kier alpha value is -0.420. The molecule has 0 bridgehead atoms. The molecule has 0 radical (unpaired) electrons. The van der Waals surface area contributed by atoms with E-state index in [0.29, 0.717) is 17.1 Å². The molecule has 0 atom stereocenters. The van der Waals surface area contributed by atoms with Gasteiger partial charge in [-0.25, -0.2) is 0 Å². The first-order valence-corrected chi connectivity index (χ1v) is 7.98. The monoisotopic (exact) mass is 336 g/mol. The lowest BCUT2D eigenvalue weighted by molar-refractivity contribution is 0.0895. The fraction of sp³-hybridized carbons (Fsp3) is 0.500. The molecule has 6 heteroatoms. The number of carbonyl (C=O) groups excluding carboxylic acids is 1. The first-order chi connectivity index (χ1) is 9.01. The molecule has 1 amide bonds. The molecule has 0 aliphatic rings. The molecule has 20 heavy (non-hydrogen) atoms. The quantitative estimate of drug-likeness (QED) is 0.778. The summed E-state index contributed by atoms with van der Waals surface area (Å²) in [6.07, 6.45) is 3.56. The summed E-state index contributed by atoms with van der Waals surface area (Å²) >= 11 is 7.69. The van der Waals surface area contributed by atoms with Crippen molar-refractivity contribution >= 4 is 41.7 Å². The lowest BCUT2D eigenvalue weighted by atomic mass is 9.92. The van der Waals surface area contributed by atoms with E-state index in [2.05, 4.69) is 5.32 Å². The number of halogens is 2. The Balaban J connectivity index is 0.00000361. The highest BCUT2D eigenvalue weighted by Gasteiger charge is 2.27. The molecule has 3 nitrogen and oxygen atoms in total. The fourth-order valence-electron chi connectivity index (χ4n) is 1.88. The van der Waals surface area contributed by atoms with Crippen LogP contribution in [0.1, 0.15) is 37.0 Å². The standard InChI is InChI=1S/C14H21ClN2OS.ClH/c1-4-14(5-2,9-16)17-13(18)11-8-10(19-3)6-7-12(11)15;/h6-8H,4-5,9,16H2,1-3H3,(H,17,18);1H. The van der Waals surface area contributed by atoms with Crippen LogP contribution in [0.25, 0.3) is 0 Å². The Labute approximate surface area is 136 Å². The molecule has 114 valence electrons. The molecule has 1 aromatic carbocycles. The van der Waals surface area contributed by atoms with Crippen molar-refractivity contribution in [2.75, 3.05) is 12.8 Å². The van der Waals surface area contributed by atoms with Gasteiger partial charge in [0.25, 0.3) is 5.91 Å². The maximum absolute atomic E-state index is 12.4. The van der Waals surface area contributed by atoms with Crippen LogP contribution in [-0.2, 0) is 0 Å². The zero-order chi connectivity index (χ0) is 14.5. The molecule has 0 heterocycles. The predicted octanol–water partition coefficient (Wildman–Crippen LogP) is 3.73. The Kier molecular flexibility index (Phi) is 8.59. The van der Waals surface area contributed by atoms with E-state index < -0.39 is 0 Å². The predicted molar refractivity (Wildman–Crippen MR) is 90.3 cm³/mol. The van der Waals surface area contributed by atoms with Crippen molar-refractivity contribution in [2.24, 2.45) is 5.73 Å². The zero-order valence-corrected chi connectivity index (χ0v) is 14.4. The molecule has 0 aliphatic carbocycles. The van der Waals surface area contributed by atoms with E-state index in [9.17, 15) is 4.79 Å². The first kappa shape index (κ1) is 19.6. The highest BCUT2D eigenvalue weighted by atomic mass is 35.5. The number of nitrogens with two attached hydrogens (primary N) is 1. The summed E-state index contributed by atoms with van der Waals surface area (Å²) in [6, 6.07) is 5.47. The number of hydrogen-bond acceptors (Lipinski definition) is 3. The van der Waals surface area contributed by atoms with Crippen molar-refractivity contribution < 1.29 is 4.79 Å². The van der Waals surface area contributed by atoms with Crippen molar-refractivity contribution in [3.8, 4) is 0 Å². The molecule has 0 aromatic heterocycles. The highest BCUT2D eigenvalue weighted by Crippen LogP contribution is 2.24. The van der Waals surface area contributed by atoms with Crippen LogP contribution in [0.4, 0.5) is 0 Å². The molecule has 1 rings (SSSR count). The van der Waals surface area contributed by atoms with Gasteiger partial charge >= 0.3 is 0 Å². The van der Waals surface area contributed by atoms with Crippen LogP contribution in [0.5, 0.6) is 0 Å². The van der Waals surface area contributed by atoms with Crippen LogP contribution in [-0.4, -0.2) is 24.2 Å². The van der Waals surface area contributed by atoms with Gasteiger partial charge in [0.1, 0.15) is 0 Å². The van der Waals surface area contributed by atoms with E-state index >= 15 is 0 Å². The number of thioether (sulfide) groups is 1. The average Bonchev–Trinajstić information content (AvgIpc) is 2.45. The smallest absolute Gasteiger partial charge is 0.253 e. The molecule has 3 N–H and O–H groups in total. The van der Waals surface area contributed by atoms with Gasteiger partial charge in [0.15, 0.2) is 0 Å². The Morgan fingerprint density at radius 3 is 2.45 bits per heavy atom. The second-order valence-corrected chi connectivity index (χ2v) is 5.78. The van der Waals surface area contributed by atoms with Crippen molar-refractivity contribution in [3.05, 3.63) is 28.8 Å². The lowest BCUT2D eigenvalue weighted by Gasteiger charge is -2.31. The van der Waals surface area contributed by atoms with Gasteiger partial charge in [0, 0.05) is 11.4 Å². The van der Waals surface area contributed by atoms with Crippen LogP contribution in [0, 0.1) is 0 Å². The van der Waals surface area contributed by atoms with Crippen LogP contribution in [0.3, 0.4) is 0 Å². The van der Waals surface area contributed by atoms with Crippen molar-refractivity contribution in [2.45, 2.75) is 37.1 Å². The summed E-state index contributed by atoms with van der Waals surface area (Å²) < 4.78 is 0. The lowest BCUT2D eigenvalue weighted by Crippen LogP contribution is -2.52. The topological polar surface area (TPSA) is 55.1 Å². The minimum Gasteiger partial charge on any atom is -0.345 e. The normalized spacial score (nSPS) is 10.8. The van der Waals surface area contributed by atoms with E-state index in [1.807, 2.05) is 32.2 Å². The fourth-order valence-corrected chi connectivity index (χ4v) is 2.52. The van der Waals surface area contributed by atoms with E-state index in [-0.39, 0.29) is 23.9 Å². The number of hydrogen-bond donors (Lipinski definition) is 2. The van der Waals surface area contributed by atoms with Crippen LogP contribution < -0.4 is 11.1 Å². The van der Waals surface area contributed by atoms with Gasteiger partial charge in [-0.2, -0.15) is 0 Å². The van der Waals surface area contributed by atoms with E-state index in [0.717, 1.165) is 17.7 Å². The summed E-state index contributed by atoms with van der Waals surface area (Å²) in [4.78, 5) is 13.4. The van der Waals surface area contributed by atoms with Gasteiger partial charge in [0.2, 0.25) is 0 Å². The minimum atomic E-state index is -0.351. The molecular weight excluding hydrogens is 315 g/mol. The zero-order valence-electron chi connectivity index (χ0n) is 12.0. The number of carbonyl (C=O) groups is 1. The Bertz CT molecular complexity index is 443. The van der Waals surface area contributed by atoms with E-state index in [1.54, 1.807) is 17.8 Å². The third kappa shape index (κ3) is 4.55. The molecule has 1 aromatic rings. The van der Waals surface area contributed by atoms with E-state index in [1.165, 1.54) is 0 Å². The number of nitrogens with one attached hydrogen (secondary N) is 1. The first-order valence-electron chi connectivity index (χ1n) is 6.38. The van der Waals surface area contributed by atoms with Gasteiger partial charge < -0.3 is 11.1 Å². The molecule has 0 aliphatic heterocycles. The van der Waals surface area contributed by atoms with Gasteiger partial charge in [-0.15, -0.1) is 24.2 Å². The number of amides is 1. The van der Waals surface area contributed by atoms with E-state index in [4.69, 9.17) is 17.3 Å². The average molecular weight is 337 g/mol. The summed E-state index contributed by atoms with van der Waals surface area (Å²) in [5.74, 6) is -0.157. The summed E-state index contributed by atoms with van der Waals surface area (Å²) in [6.45, 7) is 4.47. The summed E-state index contributed by atoms with van der Waals surface area (Å²) in [7, 11) is 0. The van der Waals surface area contributed by atoms with Gasteiger partial charge in [-0.3, -0.25) is 4.79 Å². The maximum atomic E-state index is 12.4. The largest absolute Gasteiger partial charge is 0.345 e. The van der Waals surface area contributed by atoms with Gasteiger partial charge in [-0.1, -0.05) is 25.4 Å². The van der Waals surface area contributed by atoms with Crippen LogP contribution in [0.15, 0.2) is 23.1 Å². The molecule has 0 saturated heterocycles. The number of rotatable bonds is 6. The van der Waals surface area contributed by atoms with Crippen molar-refractivity contribution in [1.82, 2.24) is 5.32 Å². The molecule has 0 saturated carbocycles. The SMILES string of the molecule is CCC(CC)(CN)NC(=O)c1cc(SC)ccc1Cl.Cl. The molecule has 0 unspecified atom stereocenters. The third-order valence-corrected chi connectivity index (χ3v) is 4.60. The minimum absolute atomic E-state index is 0. The van der Waals surface area contributed by atoms with Crippen LogP contribution in [0.2, 0.25) is 5.02 Å². The van der Waals surface area contributed by atoms with Crippen molar-refractivity contribution in [1.29, 1.82) is 0 Å². The summed E-state index contributed by atoms with van der Waals surface area (Å²) in [5.41, 5.74) is 5.95. The van der Waals surface area contributed by atoms with Gasteiger partial charge in [-0.05, 0) is 37.3 Å². The van der Waals surface area contributed by atoms with Gasteiger partial charge in [0.05, 0.1) is 16.1 Å². The summed E-state index contributed by atoms with van der Waals surface area (Å²) in [5, 5.41) is 3.50. The molecular formula is C14H22Cl2N2OS. The van der Waals surface area contributed by atoms with Crippen molar-refractivity contribution in [3.63, 3.8) is 0 Å². The highest BCUT2D eigenvalue weighted by molar-refractivity contribution is 7.98. The maximum Gasteiger partial charge on any atom is 0.253 e. The number of benzene rings is 1. The second-order valence-electron chi connectivity index (χ2n) is 4.49. The van der Waals surface area contributed by atoms with Crippen LogP contribution >= 0.6 is 35.8 Å². The Morgan fingerprint density at radius 1 is 1.40 bits per heavy atom.